The zero-order valence-corrected chi connectivity index (χ0v) is 11.2. The summed E-state index contributed by atoms with van der Waals surface area (Å²) in [6, 6.07) is 13.9. The Balaban J connectivity index is 2.32. The molecule has 0 aromatic heterocycles. The maximum atomic E-state index is 6.95. The van der Waals surface area contributed by atoms with Gasteiger partial charge < -0.3 is 0 Å². The SMILES string of the molecule is [C-]#[N+]c1ccc(C(C)c2ccc(Cl)c(C)c2)cc1. The summed E-state index contributed by atoms with van der Waals surface area (Å²) in [5.74, 6) is 0.306. The first-order chi connectivity index (χ1) is 8.61. The van der Waals surface area contributed by atoms with Crippen molar-refractivity contribution in [2.75, 3.05) is 0 Å². The molecule has 0 radical (unpaired) electrons. The van der Waals surface area contributed by atoms with Crippen molar-refractivity contribution in [2.24, 2.45) is 0 Å². The van der Waals surface area contributed by atoms with Gasteiger partial charge in [-0.15, -0.1) is 0 Å². The fraction of sp³-hybridized carbons (Fsp3) is 0.188. The molecule has 1 nitrogen and oxygen atoms in total. The normalized spacial score (nSPS) is 11.9. The van der Waals surface area contributed by atoms with Crippen molar-refractivity contribution in [1.29, 1.82) is 0 Å². The second kappa shape index (κ2) is 5.25. The number of hydrogen-bond acceptors (Lipinski definition) is 0. The molecule has 2 aromatic rings. The first kappa shape index (κ1) is 12.7. The maximum absolute atomic E-state index is 6.95. The van der Waals surface area contributed by atoms with Gasteiger partial charge in [0.1, 0.15) is 0 Å². The van der Waals surface area contributed by atoms with E-state index in [2.05, 4.69) is 23.9 Å². The van der Waals surface area contributed by atoms with Crippen molar-refractivity contribution in [3.8, 4) is 0 Å². The first-order valence-electron chi connectivity index (χ1n) is 5.85. The third-order valence-corrected chi connectivity index (χ3v) is 3.63. The lowest BCUT2D eigenvalue weighted by molar-refractivity contribution is 0.920. The molecule has 2 rings (SSSR count). The highest BCUT2D eigenvalue weighted by Crippen LogP contribution is 2.28. The number of rotatable bonds is 2. The molecule has 1 unspecified atom stereocenters. The van der Waals surface area contributed by atoms with Crippen LogP contribution in [0.2, 0.25) is 5.02 Å². The molecule has 0 amide bonds. The molecule has 2 aromatic carbocycles. The standard InChI is InChI=1S/C16H14ClN/c1-11-10-14(6-9-16(11)17)12(2)13-4-7-15(18-3)8-5-13/h4-10,12H,1-2H3. The average Bonchev–Trinajstić information content (AvgIpc) is 2.41. The smallest absolute Gasteiger partial charge is 0.187 e. The van der Waals surface area contributed by atoms with Gasteiger partial charge in [0.2, 0.25) is 0 Å². The Kier molecular flexibility index (Phi) is 3.69. The summed E-state index contributed by atoms with van der Waals surface area (Å²) >= 11 is 6.04. The Morgan fingerprint density at radius 2 is 1.67 bits per heavy atom. The van der Waals surface area contributed by atoms with E-state index < -0.39 is 0 Å². The number of hydrogen-bond donors (Lipinski definition) is 0. The van der Waals surface area contributed by atoms with E-state index in [9.17, 15) is 0 Å². The molecule has 0 bridgehead atoms. The zero-order valence-electron chi connectivity index (χ0n) is 10.4. The molecule has 0 saturated carbocycles. The predicted molar refractivity (Wildman–Crippen MR) is 76.4 cm³/mol. The summed E-state index contributed by atoms with van der Waals surface area (Å²) in [7, 11) is 0. The summed E-state index contributed by atoms with van der Waals surface area (Å²) in [6.45, 7) is 11.1. The molecule has 0 aliphatic carbocycles. The van der Waals surface area contributed by atoms with Crippen LogP contribution in [0.15, 0.2) is 42.5 Å². The van der Waals surface area contributed by atoms with Gasteiger partial charge in [-0.2, -0.15) is 0 Å². The molecule has 90 valence electrons. The first-order valence-corrected chi connectivity index (χ1v) is 6.23. The molecule has 2 heteroatoms. The molecule has 0 fully saturated rings. The van der Waals surface area contributed by atoms with Gasteiger partial charge >= 0.3 is 0 Å². The van der Waals surface area contributed by atoms with E-state index in [0.29, 0.717) is 11.6 Å². The predicted octanol–water partition coefficient (Wildman–Crippen LogP) is 5.35. The van der Waals surface area contributed by atoms with Crippen molar-refractivity contribution in [3.63, 3.8) is 0 Å². The highest BCUT2D eigenvalue weighted by atomic mass is 35.5. The van der Waals surface area contributed by atoms with E-state index in [1.807, 2.05) is 37.3 Å². The molecule has 0 aliphatic heterocycles. The Morgan fingerprint density at radius 1 is 1.06 bits per heavy atom. The summed E-state index contributed by atoms with van der Waals surface area (Å²) < 4.78 is 0. The molecule has 0 heterocycles. The van der Waals surface area contributed by atoms with Crippen LogP contribution in [0.3, 0.4) is 0 Å². The highest BCUT2D eigenvalue weighted by molar-refractivity contribution is 6.31. The monoisotopic (exact) mass is 255 g/mol. The van der Waals surface area contributed by atoms with E-state index in [1.165, 1.54) is 11.1 Å². The van der Waals surface area contributed by atoms with Gasteiger partial charge in [-0.05, 0) is 29.7 Å². The van der Waals surface area contributed by atoms with Gasteiger partial charge in [0.05, 0.1) is 6.57 Å². The lowest BCUT2D eigenvalue weighted by Crippen LogP contribution is -1.96. The van der Waals surface area contributed by atoms with Crippen LogP contribution in [0.5, 0.6) is 0 Å². The van der Waals surface area contributed by atoms with Crippen molar-refractivity contribution in [1.82, 2.24) is 0 Å². The molecule has 0 aliphatic rings. The van der Waals surface area contributed by atoms with Crippen molar-refractivity contribution >= 4 is 17.3 Å². The molecule has 0 spiro atoms. The number of nitrogens with zero attached hydrogens (tertiary/aromatic N) is 1. The van der Waals surface area contributed by atoms with Crippen molar-refractivity contribution in [2.45, 2.75) is 19.8 Å². The van der Waals surface area contributed by atoms with E-state index in [1.54, 1.807) is 0 Å². The Morgan fingerprint density at radius 3 is 2.22 bits per heavy atom. The average molecular weight is 256 g/mol. The number of benzene rings is 2. The third-order valence-electron chi connectivity index (χ3n) is 3.20. The van der Waals surface area contributed by atoms with Crippen molar-refractivity contribution < 1.29 is 0 Å². The van der Waals surface area contributed by atoms with E-state index >= 15 is 0 Å². The largest absolute Gasteiger partial charge is 0.238 e. The lowest BCUT2D eigenvalue weighted by atomic mass is 9.92. The van der Waals surface area contributed by atoms with Gasteiger partial charge in [-0.3, -0.25) is 0 Å². The number of aryl methyl sites for hydroxylation is 1. The minimum absolute atomic E-state index is 0.306. The molecule has 0 saturated heterocycles. The van der Waals surface area contributed by atoms with Crippen LogP contribution >= 0.6 is 11.6 Å². The number of halogens is 1. The molecular formula is C16H14ClN. The van der Waals surface area contributed by atoms with Gasteiger partial charge in [0.25, 0.3) is 0 Å². The van der Waals surface area contributed by atoms with Gasteiger partial charge in [-0.1, -0.05) is 54.9 Å². The Labute approximate surface area is 113 Å². The van der Waals surface area contributed by atoms with Gasteiger partial charge in [0.15, 0.2) is 5.69 Å². The zero-order chi connectivity index (χ0) is 13.1. The van der Waals surface area contributed by atoms with Crippen LogP contribution < -0.4 is 0 Å². The molecule has 1 atom stereocenters. The van der Waals surface area contributed by atoms with Crippen LogP contribution in [0.4, 0.5) is 5.69 Å². The fourth-order valence-corrected chi connectivity index (χ4v) is 2.08. The van der Waals surface area contributed by atoms with E-state index in [4.69, 9.17) is 18.2 Å². The minimum Gasteiger partial charge on any atom is -0.238 e. The quantitative estimate of drug-likeness (QED) is 0.637. The molecule has 18 heavy (non-hydrogen) atoms. The molecular weight excluding hydrogens is 242 g/mol. The van der Waals surface area contributed by atoms with Crippen LogP contribution in [-0.4, -0.2) is 0 Å². The summed E-state index contributed by atoms with van der Waals surface area (Å²) in [5, 5.41) is 0.800. The van der Waals surface area contributed by atoms with Crippen LogP contribution in [-0.2, 0) is 0 Å². The fourth-order valence-electron chi connectivity index (χ4n) is 1.97. The van der Waals surface area contributed by atoms with Crippen LogP contribution in [0.25, 0.3) is 4.85 Å². The van der Waals surface area contributed by atoms with E-state index in [0.717, 1.165) is 10.6 Å². The van der Waals surface area contributed by atoms with Crippen LogP contribution in [0.1, 0.15) is 29.5 Å². The van der Waals surface area contributed by atoms with Gasteiger partial charge in [-0.25, -0.2) is 4.85 Å². The summed E-state index contributed by atoms with van der Waals surface area (Å²) in [4.78, 5) is 3.40. The second-order valence-corrected chi connectivity index (χ2v) is 4.84. The molecule has 0 N–H and O–H groups in total. The Hall–Kier alpha value is -1.78. The summed E-state index contributed by atoms with van der Waals surface area (Å²) in [6.07, 6.45) is 0. The topological polar surface area (TPSA) is 4.36 Å². The van der Waals surface area contributed by atoms with E-state index in [-0.39, 0.29) is 0 Å². The van der Waals surface area contributed by atoms with Crippen LogP contribution in [0, 0.1) is 13.5 Å². The Bertz CT molecular complexity index is 593. The maximum Gasteiger partial charge on any atom is 0.187 e. The second-order valence-electron chi connectivity index (χ2n) is 4.43. The third kappa shape index (κ3) is 2.55. The van der Waals surface area contributed by atoms with Crippen molar-refractivity contribution in [3.05, 3.63) is 75.6 Å². The summed E-state index contributed by atoms with van der Waals surface area (Å²) in [5.41, 5.74) is 4.23. The van der Waals surface area contributed by atoms with Gasteiger partial charge in [0, 0.05) is 10.9 Å². The highest BCUT2D eigenvalue weighted by Gasteiger charge is 2.09. The lowest BCUT2D eigenvalue weighted by Gasteiger charge is -2.14. The minimum atomic E-state index is 0.306.